The Morgan fingerprint density at radius 1 is 1.07 bits per heavy atom. The number of ether oxygens (including phenoxy) is 2. The maximum absolute atomic E-state index is 11.9. The van der Waals surface area contributed by atoms with Crippen molar-refractivity contribution >= 4 is 5.91 Å². The first-order chi connectivity index (χ1) is 14.2. The number of hydrogen-bond acceptors (Lipinski definition) is 7. The average Bonchev–Trinajstić information content (AvgIpc) is 2.74. The molecule has 1 aliphatic heterocycles. The maximum atomic E-state index is 11.9. The van der Waals surface area contributed by atoms with Crippen LogP contribution in [0.15, 0.2) is 42.5 Å². The molecule has 1 amide bonds. The lowest BCUT2D eigenvalue weighted by Gasteiger charge is -2.41. The van der Waals surface area contributed by atoms with Crippen molar-refractivity contribution in [2.45, 2.75) is 50.7 Å². The molecule has 1 fully saturated rings. The molecule has 5 N–H and O–H groups in total. The molecule has 2 aromatic carbocycles. The normalized spacial score (nSPS) is 27.4. The minimum absolute atomic E-state index is 0.176. The summed E-state index contributed by atoms with van der Waals surface area (Å²) in [5, 5.41) is 42.6. The largest absolute Gasteiger partial charge is 0.462 e. The van der Waals surface area contributed by atoms with Gasteiger partial charge in [-0.3, -0.25) is 4.79 Å². The SMILES string of the molecule is CNC(=O)c1cccc(-c2ccc(OC3OC(C(C)O)C(O)C(O)C3O)c(C)c2)c1. The smallest absolute Gasteiger partial charge is 0.251 e. The van der Waals surface area contributed by atoms with Gasteiger partial charge in [0.05, 0.1) is 6.10 Å². The number of aliphatic hydroxyl groups excluding tert-OH is 4. The van der Waals surface area contributed by atoms with Gasteiger partial charge in [-0.25, -0.2) is 0 Å². The average molecular weight is 417 g/mol. The van der Waals surface area contributed by atoms with E-state index < -0.39 is 36.8 Å². The standard InChI is InChI=1S/C22H27NO7/c1-11-9-14(13-5-4-6-15(10-13)21(28)23-3)7-8-16(11)29-22-19(27)17(25)18(26)20(30-22)12(2)24/h4-10,12,17-20,22,24-27H,1-3H3,(H,23,28). The highest BCUT2D eigenvalue weighted by Gasteiger charge is 2.46. The van der Waals surface area contributed by atoms with Crippen LogP contribution in [0, 0.1) is 6.92 Å². The molecule has 0 spiro atoms. The van der Waals surface area contributed by atoms with Gasteiger partial charge in [0.25, 0.3) is 5.91 Å². The molecule has 0 radical (unpaired) electrons. The predicted molar refractivity (Wildman–Crippen MR) is 109 cm³/mol. The molecule has 8 heteroatoms. The Balaban J connectivity index is 1.81. The topological polar surface area (TPSA) is 128 Å². The van der Waals surface area contributed by atoms with Crippen LogP contribution in [-0.4, -0.2) is 70.2 Å². The zero-order valence-electron chi connectivity index (χ0n) is 17.0. The molecule has 0 saturated carbocycles. The first kappa shape index (κ1) is 22.2. The van der Waals surface area contributed by atoms with E-state index in [0.29, 0.717) is 11.3 Å². The van der Waals surface area contributed by atoms with E-state index >= 15 is 0 Å². The van der Waals surface area contributed by atoms with Crippen LogP contribution >= 0.6 is 0 Å². The predicted octanol–water partition coefficient (Wildman–Crippen LogP) is 0.589. The molecule has 6 atom stereocenters. The van der Waals surface area contributed by atoms with Gasteiger partial charge in [-0.2, -0.15) is 0 Å². The van der Waals surface area contributed by atoms with Crippen molar-refractivity contribution in [3.05, 3.63) is 53.6 Å². The van der Waals surface area contributed by atoms with Crippen molar-refractivity contribution in [2.24, 2.45) is 0 Å². The van der Waals surface area contributed by atoms with Crippen LogP contribution < -0.4 is 10.1 Å². The molecule has 8 nitrogen and oxygen atoms in total. The van der Waals surface area contributed by atoms with E-state index in [9.17, 15) is 25.2 Å². The monoisotopic (exact) mass is 417 g/mol. The highest BCUT2D eigenvalue weighted by Crippen LogP contribution is 2.30. The third-order valence-electron chi connectivity index (χ3n) is 5.19. The molecule has 0 aromatic heterocycles. The van der Waals surface area contributed by atoms with Crippen molar-refractivity contribution in [2.75, 3.05) is 7.05 Å². The Morgan fingerprint density at radius 3 is 2.40 bits per heavy atom. The van der Waals surface area contributed by atoms with E-state index in [0.717, 1.165) is 16.7 Å². The lowest BCUT2D eigenvalue weighted by atomic mass is 9.96. The van der Waals surface area contributed by atoms with Crippen LogP contribution in [0.25, 0.3) is 11.1 Å². The Bertz CT molecular complexity index is 901. The van der Waals surface area contributed by atoms with Crippen LogP contribution in [-0.2, 0) is 4.74 Å². The first-order valence-electron chi connectivity index (χ1n) is 9.70. The number of nitrogens with one attached hydrogen (secondary N) is 1. The fraction of sp³-hybridized carbons (Fsp3) is 0.409. The van der Waals surface area contributed by atoms with Gasteiger partial charge in [0.2, 0.25) is 6.29 Å². The second-order valence-electron chi connectivity index (χ2n) is 7.44. The number of carbonyl (C=O) groups is 1. The number of amides is 1. The van der Waals surface area contributed by atoms with Crippen LogP contribution in [0.2, 0.25) is 0 Å². The third kappa shape index (κ3) is 4.48. The zero-order chi connectivity index (χ0) is 22.0. The van der Waals surface area contributed by atoms with Crippen molar-refractivity contribution in [1.29, 1.82) is 0 Å². The van der Waals surface area contributed by atoms with Gasteiger partial charge in [0, 0.05) is 12.6 Å². The molecule has 162 valence electrons. The first-order valence-corrected chi connectivity index (χ1v) is 9.70. The molecular formula is C22H27NO7. The van der Waals surface area contributed by atoms with Crippen molar-refractivity contribution in [3.8, 4) is 16.9 Å². The fourth-order valence-corrected chi connectivity index (χ4v) is 3.44. The molecule has 6 unspecified atom stereocenters. The Labute approximate surface area is 174 Å². The van der Waals surface area contributed by atoms with E-state index in [2.05, 4.69) is 5.32 Å². The van der Waals surface area contributed by atoms with E-state index in [4.69, 9.17) is 9.47 Å². The highest BCUT2D eigenvalue weighted by atomic mass is 16.7. The van der Waals surface area contributed by atoms with E-state index in [-0.39, 0.29) is 5.91 Å². The minimum Gasteiger partial charge on any atom is -0.462 e. The lowest BCUT2D eigenvalue weighted by Crippen LogP contribution is -2.61. The highest BCUT2D eigenvalue weighted by molar-refractivity contribution is 5.95. The molecule has 30 heavy (non-hydrogen) atoms. The van der Waals surface area contributed by atoms with E-state index in [1.165, 1.54) is 6.92 Å². The lowest BCUT2D eigenvalue weighted by molar-refractivity contribution is -0.286. The Hall–Kier alpha value is -2.49. The number of aryl methyl sites for hydroxylation is 1. The van der Waals surface area contributed by atoms with E-state index in [1.54, 1.807) is 37.4 Å². The van der Waals surface area contributed by atoms with Gasteiger partial charge in [0.1, 0.15) is 30.2 Å². The van der Waals surface area contributed by atoms with Crippen LogP contribution in [0.4, 0.5) is 0 Å². The van der Waals surface area contributed by atoms with Gasteiger partial charge in [-0.15, -0.1) is 0 Å². The van der Waals surface area contributed by atoms with Gasteiger partial charge < -0.3 is 35.2 Å². The van der Waals surface area contributed by atoms with Crippen LogP contribution in [0.3, 0.4) is 0 Å². The quantitative estimate of drug-likeness (QED) is 0.482. The molecule has 3 rings (SSSR count). The Morgan fingerprint density at radius 2 is 1.77 bits per heavy atom. The number of aliphatic hydroxyl groups is 4. The number of hydrogen-bond donors (Lipinski definition) is 5. The summed E-state index contributed by atoms with van der Waals surface area (Å²) >= 11 is 0. The van der Waals surface area contributed by atoms with Crippen LogP contribution in [0.5, 0.6) is 5.75 Å². The van der Waals surface area contributed by atoms with Gasteiger partial charge in [-0.05, 0) is 54.8 Å². The minimum atomic E-state index is -1.52. The number of rotatable bonds is 5. The molecule has 2 aromatic rings. The number of benzene rings is 2. The van der Waals surface area contributed by atoms with Crippen LogP contribution in [0.1, 0.15) is 22.8 Å². The molecule has 1 heterocycles. The maximum Gasteiger partial charge on any atom is 0.251 e. The molecular weight excluding hydrogens is 390 g/mol. The molecule has 1 aliphatic rings. The molecule has 1 saturated heterocycles. The van der Waals surface area contributed by atoms with Crippen molar-refractivity contribution < 1.29 is 34.7 Å². The zero-order valence-corrected chi connectivity index (χ0v) is 17.0. The van der Waals surface area contributed by atoms with Crippen molar-refractivity contribution in [3.63, 3.8) is 0 Å². The third-order valence-corrected chi connectivity index (χ3v) is 5.19. The summed E-state index contributed by atoms with van der Waals surface area (Å²) in [5.74, 6) is 0.239. The summed E-state index contributed by atoms with van der Waals surface area (Å²) in [6.45, 7) is 3.23. The second-order valence-corrected chi connectivity index (χ2v) is 7.44. The second kappa shape index (κ2) is 9.11. The summed E-state index contributed by atoms with van der Waals surface area (Å²) in [6.07, 6.45) is -7.86. The summed E-state index contributed by atoms with van der Waals surface area (Å²) in [5.41, 5.74) is 3.01. The van der Waals surface area contributed by atoms with Gasteiger partial charge >= 0.3 is 0 Å². The fourth-order valence-electron chi connectivity index (χ4n) is 3.44. The summed E-state index contributed by atoms with van der Waals surface area (Å²) in [6, 6.07) is 12.6. The van der Waals surface area contributed by atoms with E-state index in [1.807, 2.05) is 19.1 Å². The molecule has 0 bridgehead atoms. The number of carbonyl (C=O) groups excluding carboxylic acids is 1. The summed E-state index contributed by atoms with van der Waals surface area (Å²) < 4.78 is 11.2. The van der Waals surface area contributed by atoms with Crippen molar-refractivity contribution in [1.82, 2.24) is 5.32 Å². The molecule has 0 aliphatic carbocycles. The van der Waals surface area contributed by atoms with Gasteiger partial charge in [-0.1, -0.05) is 18.2 Å². The summed E-state index contributed by atoms with van der Waals surface area (Å²) in [4.78, 5) is 11.9. The summed E-state index contributed by atoms with van der Waals surface area (Å²) in [7, 11) is 1.57. The van der Waals surface area contributed by atoms with Gasteiger partial charge in [0.15, 0.2) is 0 Å². The Kier molecular flexibility index (Phi) is 6.74.